The lowest BCUT2D eigenvalue weighted by Gasteiger charge is -2.06. The number of amides is 1. The topological polar surface area (TPSA) is 80.2 Å². The molecule has 7 heteroatoms. The second-order valence-electron chi connectivity index (χ2n) is 6.48. The molecule has 1 heterocycles. The summed E-state index contributed by atoms with van der Waals surface area (Å²) in [6.45, 7) is 4.16. The maximum absolute atomic E-state index is 12.1. The Bertz CT molecular complexity index is 953. The molecule has 1 aromatic heterocycles. The van der Waals surface area contributed by atoms with Gasteiger partial charge in [-0.1, -0.05) is 0 Å². The van der Waals surface area contributed by atoms with Gasteiger partial charge in [0.05, 0.1) is 4.90 Å². The first-order valence-electron chi connectivity index (χ1n) is 8.53. The first-order valence-corrected chi connectivity index (χ1v) is 10.0. The van der Waals surface area contributed by atoms with Crippen molar-refractivity contribution in [3.05, 3.63) is 53.4 Å². The molecule has 0 saturated heterocycles. The number of anilines is 1. The molecular weight excluding hydrogens is 350 g/mol. The van der Waals surface area contributed by atoms with Crippen LogP contribution < -0.4 is 10.0 Å². The summed E-state index contributed by atoms with van der Waals surface area (Å²) in [5.41, 5.74) is 3.97. The van der Waals surface area contributed by atoms with Crippen molar-refractivity contribution in [3.63, 3.8) is 0 Å². The molecule has 1 fully saturated rings. The number of rotatable bonds is 6. The van der Waals surface area contributed by atoms with Crippen LogP contribution in [0.1, 0.15) is 35.8 Å². The van der Waals surface area contributed by atoms with Gasteiger partial charge in [0, 0.05) is 29.2 Å². The molecule has 0 unspecified atom stereocenters. The minimum absolute atomic E-state index is 0.154. The Hall–Kier alpha value is -2.38. The molecule has 2 aromatic rings. The van der Waals surface area contributed by atoms with Crippen molar-refractivity contribution in [2.45, 2.75) is 37.6 Å². The van der Waals surface area contributed by atoms with Crippen LogP contribution in [-0.4, -0.2) is 25.9 Å². The Balaban J connectivity index is 1.67. The minimum Gasteiger partial charge on any atom is -0.346 e. The first-order chi connectivity index (χ1) is 12.3. The molecule has 26 heavy (non-hydrogen) atoms. The van der Waals surface area contributed by atoms with Crippen LogP contribution in [0, 0.1) is 13.8 Å². The molecule has 0 spiro atoms. The maximum atomic E-state index is 12.1. The van der Waals surface area contributed by atoms with Crippen molar-refractivity contribution < 1.29 is 13.2 Å². The lowest BCUT2D eigenvalue weighted by atomic mass is 10.2. The van der Waals surface area contributed by atoms with E-state index in [4.69, 9.17) is 0 Å². The number of aryl methyl sites for hydroxylation is 1. The average molecular weight is 373 g/mol. The van der Waals surface area contributed by atoms with Crippen LogP contribution in [0.2, 0.25) is 0 Å². The molecule has 6 nitrogen and oxygen atoms in total. The third-order valence-corrected chi connectivity index (χ3v) is 5.98. The number of nitrogens with zero attached hydrogens (tertiary/aromatic N) is 1. The van der Waals surface area contributed by atoms with Gasteiger partial charge in [0.15, 0.2) is 0 Å². The second kappa shape index (κ2) is 7.09. The third-order valence-electron chi connectivity index (χ3n) is 4.55. The van der Waals surface area contributed by atoms with Crippen molar-refractivity contribution in [2.24, 2.45) is 0 Å². The zero-order chi connectivity index (χ0) is 18.9. The lowest BCUT2D eigenvalue weighted by molar-refractivity contribution is -0.111. The van der Waals surface area contributed by atoms with Gasteiger partial charge in [-0.3, -0.25) is 4.79 Å². The van der Waals surface area contributed by atoms with E-state index >= 15 is 0 Å². The second-order valence-corrected chi connectivity index (χ2v) is 8.37. The zero-order valence-corrected chi connectivity index (χ0v) is 15.9. The SMILES string of the molecule is CNS(=O)(=O)c1ccc(NC(=O)/C=C/c2cc(C)n(C3CC3)c2C)cc1. The summed E-state index contributed by atoms with van der Waals surface area (Å²) in [4.78, 5) is 12.3. The zero-order valence-electron chi connectivity index (χ0n) is 15.1. The highest BCUT2D eigenvalue weighted by atomic mass is 32.2. The van der Waals surface area contributed by atoms with Gasteiger partial charge in [0.1, 0.15) is 0 Å². The predicted molar refractivity (Wildman–Crippen MR) is 103 cm³/mol. The molecule has 1 amide bonds. The Morgan fingerprint density at radius 1 is 1.19 bits per heavy atom. The molecule has 138 valence electrons. The Labute approximate surface area is 154 Å². The summed E-state index contributed by atoms with van der Waals surface area (Å²) in [7, 11) is -2.12. The predicted octanol–water partition coefficient (Wildman–Crippen LogP) is 3.00. The van der Waals surface area contributed by atoms with Gasteiger partial charge >= 0.3 is 0 Å². The monoisotopic (exact) mass is 373 g/mol. The molecule has 0 aliphatic heterocycles. The van der Waals surface area contributed by atoms with E-state index in [1.807, 2.05) is 6.08 Å². The fourth-order valence-corrected chi connectivity index (χ4v) is 3.78. The van der Waals surface area contributed by atoms with E-state index in [2.05, 4.69) is 34.5 Å². The quantitative estimate of drug-likeness (QED) is 0.764. The number of nitrogens with one attached hydrogen (secondary N) is 2. The number of sulfonamides is 1. The molecule has 2 N–H and O–H groups in total. The molecule has 1 aliphatic rings. The van der Waals surface area contributed by atoms with Gasteiger partial charge in [0.25, 0.3) is 0 Å². The minimum atomic E-state index is -3.48. The summed E-state index contributed by atoms with van der Waals surface area (Å²) in [5, 5.41) is 2.74. The van der Waals surface area contributed by atoms with Crippen molar-refractivity contribution in [1.29, 1.82) is 0 Å². The van der Waals surface area contributed by atoms with Crippen molar-refractivity contribution in [1.82, 2.24) is 9.29 Å². The Morgan fingerprint density at radius 2 is 1.85 bits per heavy atom. The first kappa shape index (κ1) is 18.4. The Kier molecular flexibility index (Phi) is 5.02. The highest BCUT2D eigenvalue weighted by Gasteiger charge is 2.26. The van der Waals surface area contributed by atoms with E-state index in [1.165, 1.54) is 49.5 Å². The molecule has 0 radical (unpaired) electrons. The number of hydrogen-bond donors (Lipinski definition) is 2. The average Bonchev–Trinajstić information content (AvgIpc) is 3.39. The molecular formula is C19H23N3O3S. The summed E-state index contributed by atoms with van der Waals surface area (Å²) in [6.07, 6.45) is 5.76. The molecule has 0 atom stereocenters. The van der Waals surface area contributed by atoms with E-state index in [0.717, 1.165) is 5.56 Å². The highest BCUT2D eigenvalue weighted by Crippen LogP contribution is 2.38. The van der Waals surface area contributed by atoms with Gasteiger partial charge in [-0.05, 0) is 75.7 Å². The van der Waals surface area contributed by atoms with Gasteiger partial charge in [0.2, 0.25) is 15.9 Å². The van der Waals surface area contributed by atoms with E-state index < -0.39 is 10.0 Å². The van der Waals surface area contributed by atoms with Crippen molar-refractivity contribution in [2.75, 3.05) is 12.4 Å². The van der Waals surface area contributed by atoms with Crippen LogP contribution in [0.25, 0.3) is 6.08 Å². The number of aromatic nitrogens is 1. The van der Waals surface area contributed by atoms with Crippen LogP contribution in [0.4, 0.5) is 5.69 Å². The van der Waals surface area contributed by atoms with Crippen LogP contribution in [0.15, 0.2) is 41.3 Å². The van der Waals surface area contributed by atoms with Crippen molar-refractivity contribution >= 4 is 27.7 Å². The number of hydrogen-bond acceptors (Lipinski definition) is 3. The lowest BCUT2D eigenvalue weighted by Crippen LogP contribution is -2.18. The van der Waals surface area contributed by atoms with Gasteiger partial charge < -0.3 is 9.88 Å². The number of benzene rings is 1. The number of carbonyl (C=O) groups is 1. The van der Waals surface area contributed by atoms with Gasteiger partial charge in [-0.2, -0.15) is 0 Å². The fourth-order valence-electron chi connectivity index (χ4n) is 3.05. The summed E-state index contributed by atoms with van der Waals surface area (Å²) in [5.74, 6) is -0.259. The van der Waals surface area contributed by atoms with Crippen LogP contribution in [-0.2, 0) is 14.8 Å². The third kappa shape index (κ3) is 3.89. The van der Waals surface area contributed by atoms with E-state index in [-0.39, 0.29) is 10.8 Å². The van der Waals surface area contributed by atoms with Crippen molar-refractivity contribution in [3.8, 4) is 0 Å². The van der Waals surface area contributed by atoms with Crippen LogP contribution >= 0.6 is 0 Å². The molecule has 0 bridgehead atoms. The maximum Gasteiger partial charge on any atom is 0.248 e. The Morgan fingerprint density at radius 3 is 2.42 bits per heavy atom. The smallest absolute Gasteiger partial charge is 0.248 e. The molecule has 1 saturated carbocycles. The molecule has 1 aliphatic carbocycles. The summed E-state index contributed by atoms with van der Waals surface area (Å²) in [6, 6.07) is 8.74. The molecule has 3 rings (SSSR count). The summed E-state index contributed by atoms with van der Waals surface area (Å²) >= 11 is 0. The van der Waals surface area contributed by atoms with Crippen LogP contribution in [0.3, 0.4) is 0 Å². The van der Waals surface area contributed by atoms with E-state index in [0.29, 0.717) is 11.7 Å². The normalized spacial score (nSPS) is 14.7. The standard InChI is InChI=1S/C19H23N3O3S/c1-13-12-15(14(2)22(13)17-7-8-17)4-11-19(23)21-16-5-9-18(10-6-16)26(24,25)20-3/h4-6,9-12,17,20H,7-8H2,1-3H3,(H,21,23)/b11-4+. The fraction of sp³-hybridized carbons (Fsp3) is 0.316. The highest BCUT2D eigenvalue weighted by molar-refractivity contribution is 7.89. The van der Waals surface area contributed by atoms with Crippen LogP contribution in [0.5, 0.6) is 0 Å². The largest absolute Gasteiger partial charge is 0.346 e. The van der Waals surface area contributed by atoms with E-state index in [1.54, 1.807) is 12.1 Å². The summed E-state index contributed by atoms with van der Waals surface area (Å²) < 4.78 is 28.0. The molecule has 1 aromatic carbocycles. The van der Waals surface area contributed by atoms with Gasteiger partial charge in [-0.15, -0.1) is 0 Å². The number of carbonyl (C=O) groups excluding carboxylic acids is 1. The van der Waals surface area contributed by atoms with Gasteiger partial charge in [-0.25, -0.2) is 13.1 Å². The van der Waals surface area contributed by atoms with E-state index in [9.17, 15) is 13.2 Å².